The van der Waals surface area contributed by atoms with Crippen molar-refractivity contribution in [1.29, 1.82) is 0 Å². The average Bonchev–Trinajstić information content (AvgIpc) is 3.18. The second kappa shape index (κ2) is 6.75. The van der Waals surface area contributed by atoms with Crippen molar-refractivity contribution in [2.75, 3.05) is 13.3 Å². The van der Waals surface area contributed by atoms with Gasteiger partial charge in [0.1, 0.15) is 12.6 Å². The summed E-state index contributed by atoms with van der Waals surface area (Å²) in [5.74, 6) is -2.03. The van der Waals surface area contributed by atoms with Crippen molar-refractivity contribution in [2.24, 2.45) is 0 Å². The summed E-state index contributed by atoms with van der Waals surface area (Å²) in [6, 6.07) is 14.7. The van der Waals surface area contributed by atoms with Crippen LogP contribution >= 0.6 is 0 Å². The van der Waals surface area contributed by atoms with Crippen LogP contribution in [0.1, 0.15) is 23.5 Å². The van der Waals surface area contributed by atoms with E-state index in [-0.39, 0.29) is 19.3 Å². The highest BCUT2D eigenvalue weighted by atomic mass is 16.6. The number of hydrogen-bond acceptors (Lipinski definition) is 5. The van der Waals surface area contributed by atoms with Gasteiger partial charge in [0.15, 0.2) is 6.73 Å². The SMILES string of the molecule is O=C(O)C[C@@H]1C(=O)OCN1C(=O)OCC1c2ccccc2-c2ccccc21. The Morgan fingerprint density at radius 3 is 2.26 bits per heavy atom. The van der Waals surface area contributed by atoms with Crippen molar-refractivity contribution >= 4 is 18.0 Å². The van der Waals surface area contributed by atoms with Gasteiger partial charge in [-0.1, -0.05) is 48.5 Å². The molecule has 1 N–H and O–H groups in total. The van der Waals surface area contributed by atoms with Crippen molar-refractivity contribution in [3.05, 3.63) is 59.7 Å². The molecule has 2 aromatic carbocycles. The van der Waals surface area contributed by atoms with Crippen molar-refractivity contribution in [2.45, 2.75) is 18.4 Å². The highest BCUT2D eigenvalue weighted by Gasteiger charge is 2.40. The molecule has 7 heteroatoms. The van der Waals surface area contributed by atoms with Crippen molar-refractivity contribution < 1.29 is 29.0 Å². The summed E-state index contributed by atoms with van der Waals surface area (Å²) in [5, 5.41) is 8.93. The molecular weight excluding hydrogens is 350 g/mol. The minimum atomic E-state index is -1.18. The Morgan fingerprint density at radius 2 is 1.67 bits per heavy atom. The monoisotopic (exact) mass is 367 g/mol. The predicted octanol–water partition coefficient (Wildman–Crippen LogP) is 2.60. The molecule has 1 heterocycles. The summed E-state index contributed by atoms with van der Waals surface area (Å²) < 4.78 is 10.3. The molecule has 1 aliphatic heterocycles. The zero-order valence-electron chi connectivity index (χ0n) is 14.3. The number of amides is 1. The third kappa shape index (κ3) is 3.01. The fourth-order valence-corrected chi connectivity index (χ4v) is 3.66. The van der Waals surface area contributed by atoms with E-state index >= 15 is 0 Å². The molecular formula is C20H17NO6. The molecule has 1 aliphatic carbocycles. The molecule has 0 unspecified atom stereocenters. The maximum absolute atomic E-state index is 12.4. The predicted molar refractivity (Wildman–Crippen MR) is 93.9 cm³/mol. The lowest BCUT2D eigenvalue weighted by molar-refractivity contribution is -0.144. The van der Waals surface area contributed by atoms with Crippen molar-refractivity contribution in [3.8, 4) is 11.1 Å². The van der Waals surface area contributed by atoms with E-state index in [1.165, 1.54) is 0 Å². The lowest BCUT2D eigenvalue weighted by Crippen LogP contribution is -2.40. The number of carbonyl (C=O) groups excluding carboxylic acids is 2. The molecule has 0 radical (unpaired) electrons. The molecule has 7 nitrogen and oxygen atoms in total. The van der Waals surface area contributed by atoms with Crippen LogP contribution in [0.4, 0.5) is 4.79 Å². The summed E-state index contributed by atoms with van der Waals surface area (Å²) in [5.41, 5.74) is 4.36. The Kier molecular flexibility index (Phi) is 4.27. The molecule has 1 amide bonds. The van der Waals surface area contributed by atoms with E-state index in [4.69, 9.17) is 14.6 Å². The first-order chi connectivity index (χ1) is 13.1. The van der Waals surface area contributed by atoms with Gasteiger partial charge >= 0.3 is 18.0 Å². The van der Waals surface area contributed by atoms with E-state index in [1.54, 1.807) is 0 Å². The number of benzene rings is 2. The number of nitrogens with zero attached hydrogens (tertiary/aromatic N) is 1. The lowest BCUT2D eigenvalue weighted by atomic mass is 9.98. The van der Waals surface area contributed by atoms with Gasteiger partial charge < -0.3 is 14.6 Å². The minimum Gasteiger partial charge on any atom is -0.481 e. The van der Waals surface area contributed by atoms with E-state index in [2.05, 4.69) is 0 Å². The Morgan fingerprint density at radius 1 is 1.07 bits per heavy atom. The van der Waals surface area contributed by atoms with Gasteiger partial charge in [0.25, 0.3) is 0 Å². The summed E-state index contributed by atoms with van der Waals surface area (Å²) in [7, 11) is 0. The van der Waals surface area contributed by atoms with Crippen molar-refractivity contribution in [3.63, 3.8) is 0 Å². The molecule has 1 atom stereocenters. The normalized spacial score (nSPS) is 18.0. The van der Waals surface area contributed by atoms with Gasteiger partial charge in [0.2, 0.25) is 0 Å². The quantitative estimate of drug-likeness (QED) is 0.835. The molecule has 0 bridgehead atoms. The molecule has 2 aromatic rings. The Hall–Kier alpha value is -3.35. The minimum absolute atomic E-state index is 0.0946. The molecule has 0 spiro atoms. The number of carboxylic acids is 1. The summed E-state index contributed by atoms with van der Waals surface area (Å²) in [6.07, 6.45) is -1.27. The number of aliphatic carboxylic acids is 1. The van der Waals surface area contributed by atoms with Crippen LogP contribution in [0, 0.1) is 0 Å². The number of carbonyl (C=O) groups is 3. The Balaban J connectivity index is 1.51. The van der Waals surface area contributed by atoms with Crippen LogP contribution in [0.3, 0.4) is 0 Å². The van der Waals surface area contributed by atoms with E-state index < -0.39 is 30.5 Å². The maximum atomic E-state index is 12.4. The van der Waals surface area contributed by atoms with Crippen LogP contribution in [0.2, 0.25) is 0 Å². The fourth-order valence-electron chi connectivity index (χ4n) is 3.66. The van der Waals surface area contributed by atoms with Crippen LogP contribution < -0.4 is 0 Å². The summed E-state index contributed by atoms with van der Waals surface area (Å²) in [4.78, 5) is 36.1. The van der Waals surface area contributed by atoms with E-state index in [0.29, 0.717) is 0 Å². The number of hydrogen-bond donors (Lipinski definition) is 1. The third-order valence-electron chi connectivity index (χ3n) is 4.93. The maximum Gasteiger partial charge on any atom is 0.413 e. The zero-order chi connectivity index (χ0) is 19.0. The van der Waals surface area contributed by atoms with Crippen LogP contribution in [-0.2, 0) is 19.1 Å². The van der Waals surface area contributed by atoms with E-state index in [1.807, 2.05) is 48.5 Å². The number of rotatable bonds is 4. The second-order valence-electron chi connectivity index (χ2n) is 6.48. The first-order valence-electron chi connectivity index (χ1n) is 8.56. The summed E-state index contributed by atoms with van der Waals surface area (Å²) in [6.45, 7) is -0.204. The highest BCUT2D eigenvalue weighted by Crippen LogP contribution is 2.44. The van der Waals surface area contributed by atoms with Gasteiger partial charge in [0.05, 0.1) is 6.42 Å². The van der Waals surface area contributed by atoms with Crippen LogP contribution in [0.15, 0.2) is 48.5 Å². The molecule has 1 saturated heterocycles. The van der Waals surface area contributed by atoms with Gasteiger partial charge in [-0.15, -0.1) is 0 Å². The lowest BCUT2D eigenvalue weighted by Gasteiger charge is -2.20. The number of carboxylic acid groups (broad SMARTS) is 1. The topological polar surface area (TPSA) is 93.1 Å². The largest absolute Gasteiger partial charge is 0.481 e. The fraction of sp³-hybridized carbons (Fsp3) is 0.250. The number of ether oxygens (including phenoxy) is 2. The van der Waals surface area contributed by atoms with E-state index in [0.717, 1.165) is 27.2 Å². The van der Waals surface area contributed by atoms with Crippen LogP contribution in [-0.4, -0.2) is 47.4 Å². The highest BCUT2D eigenvalue weighted by molar-refractivity contribution is 5.87. The second-order valence-corrected chi connectivity index (χ2v) is 6.48. The number of fused-ring (bicyclic) bond motifs is 3. The van der Waals surface area contributed by atoms with Crippen LogP contribution in [0.5, 0.6) is 0 Å². The summed E-state index contributed by atoms with van der Waals surface area (Å²) >= 11 is 0. The first-order valence-corrected chi connectivity index (χ1v) is 8.56. The smallest absolute Gasteiger partial charge is 0.413 e. The molecule has 0 aromatic heterocycles. The zero-order valence-corrected chi connectivity index (χ0v) is 14.3. The van der Waals surface area contributed by atoms with Gasteiger partial charge in [0, 0.05) is 5.92 Å². The number of cyclic esters (lactones) is 1. The van der Waals surface area contributed by atoms with Gasteiger partial charge in [-0.2, -0.15) is 0 Å². The number of esters is 1. The first kappa shape index (κ1) is 17.1. The van der Waals surface area contributed by atoms with Crippen LogP contribution in [0.25, 0.3) is 11.1 Å². The molecule has 2 aliphatic rings. The molecule has 1 fully saturated rings. The van der Waals surface area contributed by atoms with Gasteiger partial charge in [-0.25, -0.2) is 9.59 Å². The van der Waals surface area contributed by atoms with Gasteiger partial charge in [-0.05, 0) is 22.3 Å². The third-order valence-corrected chi connectivity index (χ3v) is 4.93. The molecule has 27 heavy (non-hydrogen) atoms. The molecule has 0 saturated carbocycles. The average molecular weight is 367 g/mol. The Bertz CT molecular complexity index is 879. The molecule has 138 valence electrons. The van der Waals surface area contributed by atoms with Crippen molar-refractivity contribution in [1.82, 2.24) is 4.90 Å². The van der Waals surface area contributed by atoms with Gasteiger partial charge in [-0.3, -0.25) is 9.69 Å². The Labute approximate surface area is 155 Å². The molecule has 4 rings (SSSR count). The van der Waals surface area contributed by atoms with E-state index in [9.17, 15) is 14.4 Å². The standard InChI is InChI=1S/C20H17NO6/c22-18(23)9-17-19(24)27-11-21(17)20(25)26-10-16-14-7-3-1-5-12(14)13-6-2-4-8-15(13)16/h1-8,16-17H,9-11H2,(H,22,23)/t17-/m1/s1.